The van der Waals surface area contributed by atoms with Crippen LogP contribution in [0, 0.1) is 17.7 Å². The largest absolute Gasteiger partial charge is 0.503 e. The second-order valence-corrected chi connectivity index (χ2v) is 10.9. The van der Waals surface area contributed by atoms with E-state index in [0.717, 1.165) is 62.8 Å². The summed E-state index contributed by atoms with van der Waals surface area (Å²) in [6.07, 6.45) is 6.70. The molecule has 0 radical (unpaired) electrons. The van der Waals surface area contributed by atoms with Crippen molar-refractivity contribution in [3.8, 4) is 22.6 Å². The van der Waals surface area contributed by atoms with Crippen molar-refractivity contribution in [3.05, 3.63) is 46.9 Å². The number of pyridine rings is 1. The molecule has 0 amide bonds. The van der Waals surface area contributed by atoms with Crippen molar-refractivity contribution < 1.29 is 19.0 Å². The molecule has 0 atom stereocenters. The predicted molar refractivity (Wildman–Crippen MR) is 146 cm³/mol. The number of aromatic nitrogens is 1. The molecule has 0 bridgehead atoms. The average Bonchev–Trinajstić information content (AvgIpc) is 3.73. The first-order valence-corrected chi connectivity index (χ1v) is 13.3. The molecule has 3 aromatic rings. The van der Waals surface area contributed by atoms with Crippen LogP contribution in [0.1, 0.15) is 42.5 Å². The van der Waals surface area contributed by atoms with Crippen LogP contribution in [0.4, 0.5) is 10.1 Å². The predicted octanol–water partition coefficient (Wildman–Crippen LogP) is 6.17. The van der Waals surface area contributed by atoms with E-state index in [1.165, 1.54) is 19.2 Å². The van der Waals surface area contributed by atoms with Gasteiger partial charge in [0.05, 0.1) is 28.9 Å². The van der Waals surface area contributed by atoms with Crippen LogP contribution >= 0.6 is 11.6 Å². The number of methoxy groups -OCH3 is 1. The normalized spacial score (nSPS) is 16.5. The zero-order valence-electron chi connectivity index (χ0n) is 21.6. The van der Waals surface area contributed by atoms with E-state index in [4.69, 9.17) is 16.3 Å². The van der Waals surface area contributed by atoms with Crippen LogP contribution in [0.2, 0.25) is 5.02 Å². The summed E-state index contributed by atoms with van der Waals surface area (Å²) in [5.41, 5.74) is 2.78. The van der Waals surface area contributed by atoms with Crippen molar-refractivity contribution in [2.75, 3.05) is 45.7 Å². The van der Waals surface area contributed by atoms with E-state index in [0.29, 0.717) is 28.1 Å². The highest BCUT2D eigenvalue weighted by molar-refractivity contribution is 6.32. The zero-order chi connectivity index (χ0) is 26.3. The van der Waals surface area contributed by atoms with E-state index < -0.39 is 5.82 Å². The van der Waals surface area contributed by atoms with E-state index in [1.54, 1.807) is 18.3 Å². The van der Waals surface area contributed by atoms with Gasteiger partial charge >= 0.3 is 0 Å². The summed E-state index contributed by atoms with van der Waals surface area (Å²) in [6, 6.07) is 6.26. The highest BCUT2D eigenvalue weighted by Gasteiger charge is 2.34. The van der Waals surface area contributed by atoms with Crippen LogP contribution in [0.5, 0.6) is 11.5 Å². The minimum atomic E-state index is -0.460. The van der Waals surface area contributed by atoms with Crippen molar-refractivity contribution >= 4 is 34.0 Å². The fourth-order valence-electron chi connectivity index (χ4n) is 5.28. The Balaban J connectivity index is 1.59. The maximum Gasteiger partial charge on any atom is 0.176 e. The first-order valence-electron chi connectivity index (χ1n) is 12.9. The van der Waals surface area contributed by atoms with E-state index >= 15 is 4.39 Å². The number of aromatic hydroxyl groups is 1. The van der Waals surface area contributed by atoms with Gasteiger partial charge in [-0.3, -0.25) is 9.78 Å². The minimum Gasteiger partial charge on any atom is -0.503 e. The zero-order valence-corrected chi connectivity index (χ0v) is 22.3. The number of phenols is 1. The molecule has 6 nitrogen and oxygen atoms in total. The fraction of sp³-hybridized carbons (Fsp3) is 0.448. The standard InChI is InChI=1S/C29H33ClFN3O3/c1-33(2)9-6-17-7-10-34(11-8-17)27-21-14-20(19-12-23(30)29(36)26(13-19)37-3)24(31)15-25(21)32-16-22(27)28(35)18-4-5-18/h12-18,36H,4-11H2,1-3H3. The van der Waals surface area contributed by atoms with Crippen molar-refractivity contribution in [3.63, 3.8) is 0 Å². The molecule has 2 heterocycles. The molecule has 0 unspecified atom stereocenters. The Morgan fingerprint density at radius 2 is 1.92 bits per heavy atom. The van der Waals surface area contributed by atoms with Crippen LogP contribution in [0.3, 0.4) is 0 Å². The lowest BCUT2D eigenvalue weighted by atomic mass is 9.91. The van der Waals surface area contributed by atoms with Gasteiger partial charge in [-0.15, -0.1) is 0 Å². The van der Waals surface area contributed by atoms with Gasteiger partial charge in [-0.1, -0.05) is 11.6 Å². The summed E-state index contributed by atoms with van der Waals surface area (Å²) in [7, 11) is 5.62. The number of anilines is 1. The molecule has 1 saturated heterocycles. The third-order valence-corrected chi connectivity index (χ3v) is 7.90. The highest BCUT2D eigenvalue weighted by atomic mass is 35.5. The molecule has 5 rings (SSSR count). The Labute approximate surface area is 222 Å². The number of Topliss-reactive ketones (excluding diaryl/α,β-unsaturated/α-hetero) is 1. The average molecular weight is 526 g/mol. The lowest BCUT2D eigenvalue weighted by molar-refractivity contribution is 0.0968. The number of phenolic OH excluding ortho intramolecular Hbond substituents is 1. The molecule has 8 heteroatoms. The number of benzene rings is 2. The van der Waals surface area contributed by atoms with E-state index in [1.807, 2.05) is 0 Å². The molecule has 1 aliphatic heterocycles. The van der Waals surface area contributed by atoms with Crippen molar-refractivity contribution in [2.45, 2.75) is 32.1 Å². The van der Waals surface area contributed by atoms with Gasteiger partial charge in [0, 0.05) is 42.2 Å². The maximum atomic E-state index is 15.4. The number of ether oxygens (including phenoxy) is 1. The number of carbonyl (C=O) groups is 1. The molecular formula is C29H33ClFN3O3. The first-order chi connectivity index (χ1) is 17.8. The second kappa shape index (κ2) is 10.5. The Morgan fingerprint density at radius 3 is 2.57 bits per heavy atom. The molecule has 1 saturated carbocycles. The van der Waals surface area contributed by atoms with Gasteiger partial charge in [0.1, 0.15) is 5.82 Å². The van der Waals surface area contributed by atoms with Gasteiger partial charge in [0.15, 0.2) is 17.3 Å². The number of carbonyl (C=O) groups excluding carboxylic acids is 1. The van der Waals surface area contributed by atoms with E-state index in [9.17, 15) is 9.90 Å². The number of piperidine rings is 1. The summed E-state index contributed by atoms with van der Waals surface area (Å²) in [6.45, 7) is 2.75. The van der Waals surface area contributed by atoms with Gasteiger partial charge < -0.3 is 19.6 Å². The Morgan fingerprint density at radius 1 is 1.19 bits per heavy atom. The molecule has 1 aromatic heterocycles. The fourth-order valence-corrected chi connectivity index (χ4v) is 5.49. The lowest BCUT2D eigenvalue weighted by Gasteiger charge is -2.35. The summed E-state index contributed by atoms with van der Waals surface area (Å²) < 4.78 is 20.6. The summed E-state index contributed by atoms with van der Waals surface area (Å²) in [5, 5.41) is 11.0. The third kappa shape index (κ3) is 5.25. The molecule has 2 aromatic carbocycles. The number of ketones is 1. The summed E-state index contributed by atoms with van der Waals surface area (Å²) in [4.78, 5) is 22.4. The smallest absolute Gasteiger partial charge is 0.176 e. The van der Waals surface area contributed by atoms with E-state index in [-0.39, 0.29) is 28.2 Å². The van der Waals surface area contributed by atoms with Crippen LogP contribution in [0.25, 0.3) is 22.0 Å². The topological polar surface area (TPSA) is 65.9 Å². The SMILES string of the molecule is COc1cc(-c2cc3c(N4CCC(CCN(C)C)CC4)c(C(=O)C4CC4)cnc3cc2F)cc(Cl)c1O. The molecule has 2 aliphatic rings. The highest BCUT2D eigenvalue weighted by Crippen LogP contribution is 2.43. The number of halogens is 2. The minimum absolute atomic E-state index is 0.0516. The van der Waals surface area contributed by atoms with Crippen molar-refractivity contribution in [2.24, 2.45) is 11.8 Å². The van der Waals surface area contributed by atoms with Gasteiger partial charge in [-0.25, -0.2) is 4.39 Å². The third-order valence-electron chi connectivity index (χ3n) is 7.62. The van der Waals surface area contributed by atoms with Crippen LogP contribution in [-0.2, 0) is 0 Å². The molecule has 37 heavy (non-hydrogen) atoms. The molecule has 0 spiro atoms. The number of fused-ring (bicyclic) bond motifs is 1. The van der Waals surface area contributed by atoms with Crippen molar-refractivity contribution in [1.29, 1.82) is 0 Å². The van der Waals surface area contributed by atoms with Crippen LogP contribution in [0.15, 0.2) is 30.5 Å². The van der Waals surface area contributed by atoms with Gasteiger partial charge in [0.2, 0.25) is 0 Å². The number of hydrogen-bond acceptors (Lipinski definition) is 6. The van der Waals surface area contributed by atoms with Gasteiger partial charge in [0.25, 0.3) is 0 Å². The molecule has 1 aliphatic carbocycles. The number of nitrogens with zero attached hydrogens (tertiary/aromatic N) is 3. The number of rotatable bonds is 8. The van der Waals surface area contributed by atoms with Gasteiger partial charge in [-0.05, 0) is 82.4 Å². The second-order valence-electron chi connectivity index (χ2n) is 10.5. The van der Waals surface area contributed by atoms with Crippen LogP contribution in [-0.4, -0.2) is 61.6 Å². The molecular weight excluding hydrogens is 493 g/mol. The van der Waals surface area contributed by atoms with E-state index in [2.05, 4.69) is 28.9 Å². The molecule has 196 valence electrons. The summed E-state index contributed by atoms with van der Waals surface area (Å²) in [5.74, 6) is 0.339. The van der Waals surface area contributed by atoms with Gasteiger partial charge in [-0.2, -0.15) is 0 Å². The number of hydrogen-bond donors (Lipinski definition) is 1. The molecule has 1 N–H and O–H groups in total. The Hall–Kier alpha value is -2.90. The summed E-state index contributed by atoms with van der Waals surface area (Å²) >= 11 is 6.22. The monoisotopic (exact) mass is 525 g/mol. The van der Waals surface area contributed by atoms with Crippen molar-refractivity contribution in [1.82, 2.24) is 9.88 Å². The Kier molecular flexibility index (Phi) is 7.28. The Bertz CT molecular complexity index is 1330. The maximum absolute atomic E-state index is 15.4. The quantitative estimate of drug-likeness (QED) is 0.355. The lowest BCUT2D eigenvalue weighted by Crippen LogP contribution is -2.35. The first kappa shape index (κ1) is 25.7. The van der Waals surface area contributed by atoms with Crippen LogP contribution < -0.4 is 9.64 Å². The molecule has 2 fully saturated rings.